The summed E-state index contributed by atoms with van der Waals surface area (Å²) in [7, 11) is 0. The van der Waals surface area contributed by atoms with Crippen molar-refractivity contribution < 1.29 is 4.74 Å². The van der Waals surface area contributed by atoms with Gasteiger partial charge in [0.05, 0.1) is 11.1 Å². The van der Waals surface area contributed by atoms with E-state index in [1.165, 1.54) is 12.8 Å². The molecule has 8 heteroatoms. The number of aryl methyl sites for hydroxylation is 1. The number of likely N-dealkylation sites (tertiary alicyclic amines) is 1. The number of aromatic amines is 2. The molecule has 3 aromatic heterocycles. The monoisotopic (exact) mass is 430 g/mol. The molecular formula is C24H26N6O2. The maximum atomic E-state index is 12.6. The molecule has 0 saturated carbocycles. The lowest BCUT2D eigenvalue weighted by molar-refractivity contribution is 0.237. The van der Waals surface area contributed by atoms with Crippen LogP contribution in [0.15, 0.2) is 53.6 Å². The van der Waals surface area contributed by atoms with Gasteiger partial charge in [-0.2, -0.15) is 5.10 Å². The van der Waals surface area contributed by atoms with Gasteiger partial charge in [-0.05, 0) is 68.1 Å². The van der Waals surface area contributed by atoms with Crippen LogP contribution in [0.2, 0.25) is 0 Å². The predicted octanol–water partition coefficient (Wildman–Crippen LogP) is 3.84. The molecule has 0 unspecified atom stereocenters. The second kappa shape index (κ2) is 8.84. The number of nitrogens with zero attached hydrogens (tertiary/aromatic N) is 3. The highest BCUT2D eigenvalue weighted by Crippen LogP contribution is 2.29. The van der Waals surface area contributed by atoms with Crippen LogP contribution in [0.25, 0.3) is 22.2 Å². The maximum Gasteiger partial charge on any atom is 0.259 e. The number of benzene rings is 1. The van der Waals surface area contributed by atoms with Crippen LogP contribution < -0.4 is 15.6 Å². The van der Waals surface area contributed by atoms with Gasteiger partial charge in [0.25, 0.3) is 5.56 Å². The van der Waals surface area contributed by atoms with Crippen LogP contribution in [0, 0.1) is 6.92 Å². The van der Waals surface area contributed by atoms with Gasteiger partial charge in [-0.3, -0.25) is 14.8 Å². The minimum atomic E-state index is -0.194. The minimum Gasteiger partial charge on any atom is -0.492 e. The fourth-order valence-corrected chi connectivity index (χ4v) is 4.10. The lowest BCUT2D eigenvalue weighted by atomic mass is 10.1. The number of rotatable bonds is 7. The van der Waals surface area contributed by atoms with Crippen molar-refractivity contribution in [2.75, 3.05) is 31.6 Å². The van der Waals surface area contributed by atoms with Crippen LogP contribution in [0.5, 0.6) is 5.75 Å². The van der Waals surface area contributed by atoms with E-state index in [1.807, 2.05) is 43.3 Å². The summed E-state index contributed by atoms with van der Waals surface area (Å²) < 4.78 is 6.09. The number of nitrogens with one attached hydrogen (secondary N) is 3. The van der Waals surface area contributed by atoms with Gasteiger partial charge >= 0.3 is 0 Å². The van der Waals surface area contributed by atoms with E-state index in [9.17, 15) is 4.79 Å². The molecule has 0 bridgehead atoms. The molecule has 0 spiro atoms. The van der Waals surface area contributed by atoms with Crippen molar-refractivity contribution in [1.82, 2.24) is 25.1 Å². The Morgan fingerprint density at radius 3 is 2.78 bits per heavy atom. The Labute approximate surface area is 185 Å². The molecule has 0 aliphatic carbocycles. The molecule has 1 aliphatic heterocycles. The molecule has 0 amide bonds. The number of anilines is 2. The minimum absolute atomic E-state index is 0.194. The molecule has 0 atom stereocenters. The van der Waals surface area contributed by atoms with E-state index < -0.39 is 0 Å². The average molecular weight is 431 g/mol. The quantitative estimate of drug-likeness (QED) is 0.412. The smallest absolute Gasteiger partial charge is 0.259 e. The van der Waals surface area contributed by atoms with Crippen molar-refractivity contribution >= 4 is 22.3 Å². The summed E-state index contributed by atoms with van der Waals surface area (Å²) in [5.41, 5.74) is 3.08. The molecule has 1 aromatic carbocycles. The zero-order chi connectivity index (χ0) is 21.9. The molecule has 32 heavy (non-hydrogen) atoms. The molecule has 1 saturated heterocycles. The number of ether oxygens (including phenoxy) is 1. The Balaban J connectivity index is 1.44. The SMILES string of the molecule is Cc1ccc(Nc2nc(-c3cc[nH]n3)cc3cc[nH]c(=O)c23)cc1OCCN1CCCC1. The Kier molecular flexibility index (Phi) is 5.60. The van der Waals surface area contributed by atoms with Crippen LogP contribution >= 0.6 is 0 Å². The van der Waals surface area contributed by atoms with E-state index in [4.69, 9.17) is 9.72 Å². The molecule has 1 fully saturated rings. The van der Waals surface area contributed by atoms with Crippen LogP contribution in [0.4, 0.5) is 11.5 Å². The molecule has 3 N–H and O–H groups in total. The summed E-state index contributed by atoms with van der Waals surface area (Å²) >= 11 is 0. The second-order valence-electron chi connectivity index (χ2n) is 8.09. The van der Waals surface area contributed by atoms with E-state index in [0.29, 0.717) is 29.2 Å². The molecule has 4 heterocycles. The molecule has 8 nitrogen and oxygen atoms in total. The van der Waals surface area contributed by atoms with E-state index in [2.05, 4.69) is 25.4 Å². The van der Waals surface area contributed by atoms with Crippen LogP contribution in [0.3, 0.4) is 0 Å². The lowest BCUT2D eigenvalue weighted by Crippen LogP contribution is -2.25. The zero-order valence-electron chi connectivity index (χ0n) is 18.0. The topological polar surface area (TPSA) is 98.9 Å². The predicted molar refractivity (Wildman–Crippen MR) is 126 cm³/mol. The lowest BCUT2D eigenvalue weighted by Gasteiger charge is -2.17. The molecule has 1 aliphatic rings. The fraction of sp³-hybridized carbons (Fsp3) is 0.292. The number of pyridine rings is 2. The third-order valence-corrected chi connectivity index (χ3v) is 5.83. The van der Waals surface area contributed by atoms with Crippen molar-refractivity contribution in [2.45, 2.75) is 19.8 Å². The summed E-state index contributed by atoms with van der Waals surface area (Å²) in [6.07, 6.45) is 5.94. The first-order chi connectivity index (χ1) is 15.7. The highest BCUT2D eigenvalue weighted by Gasteiger charge is 2.14. The molecular weight excluding hydrogens is 404 g/mol. The number of hydrogen-bond donors (Lipinski definition) is 3. The highest BCUT2D eigenvalue weighted by atomic mass is 16.5. The largest absolute Gasteiger partial charge is 0.492 e. The first-order valence-corrected chi connectivity index (χ1v) is 10.9. The number of aromatic nitrogens is 4. The number of fused-ring (bicyclic) bond motifs is 1. The van der Waals surface area contributed by atoms with Crippen LogP contribution in [-0.4, -0.2) is 51.3 Å². The van der Waals surface area contributed by atoms with Gasteiger partial charge in [0.15, 0.2) is 0 Å². The van der Waals surface area contributed by atoms with Crippen molar-refractivity contribution in [3.8, 4) is 17.1 Å². The average Bonchev–Trinajstić information content (AvgIpc) is 3.50. The summed E-state index contributed by atoms with van der Waals surface area (Å²) in [5.74, 6) is 1.31. The van der Waals surface area contributed by atoms with Gasteiger partial charge in [0, 0.05) is 30.7 Å². The van der Waals surface area contributed by atoms with E-state index in [-0.39, 0.29) is 5.56 Å². The van der Waals surface area contributed by atoms with Gasteiger partial charge < -0.3 is 15.0 Å². The normalized spacial score (nSPS) is 14.2. The zero-order valence-corrected chi connectivity index (χ0v) is 18.0. The van der Waals surface area contributed by atoms with Gasteiger partial charge in [-0.1, -0.05) is 6.07 Å². The number of H-pyrrole nitrogens is 2. The Hall–Kier alpha value is -3.65. The Morgan fingerprint density at radius 2 is 1.97 bits per heavy atom. The third kappa shape index (κ3) is 4.22. The van der Waals surface area contributed by atoms with Gasteiger partial charge in [-0.25, -0.2) is 4.98 Å². The van der Waals surface area contributed by atoms with Crippen molar-refractivity contribution in [1.29, 1.82) is 0 Å². The summed E-state index contributed by atoms with van der Waals surface area (Å²) in [5, 5.41) is 11.7. The molecule has 5 rings (SSSR count). The summed E-state index contributed by atoms with van der Waals surface area (Å²) in [6, 6.07) is 11.5. The van der Waals surface area contributed by atoms with E-state index in [0.717, 1.165) is 42.0 Å². The third-order valence-electron chi connectivity index (χ3n) is 5.83. The Bertz CT molecular complexity index is 1280. The highest BCUT2D eigenvalue weighted by molar-refractivity contribution is 5.94. The molecule has 164 valence electrons. The standard InChI is InChI=1S/C24H26N6O2/c1-16-4-5-18(15-21(16)32-13-12-30-10-2-3-11-30)27-23-22-17(6-8-25-24(22)31)14-20(28-23)19-7-9-26-29-19/h4-9,14-15H,2-3,10-13H2,1H3,(H,25,31)(H,26,29)(H,27,28). The first-order valence-electron chi connectivity index (χ1n) is 10.9. The van der Waals surface area contributed by atoms with Crippen molar-refractivity contribution in [3.05, 3.63) is 64.7 Å². The van der Waals surface area contributed by atoms with Gasteiger partial charge in [0.2, 0.25) is 0 Å². The van der Waals surface area contributed by atoms with Crippen molar-refractivity contribution in [3.63, 3.8) is 0 Å². The summed E-state index contributed by atoms with van der Waals surface area (Å²) in [6.45, 7) is 5.93. The fourth-order valence-electron chi connectivity index (χ4n) is 4.10. The number of hydrogen-bond acceptors (Lipinski definition) is 6. The molecule has 4 aromatic rings. The van der Waals surface area contributed by atoms with E-state index in [1.54, 1.807) is 12.4 Å². The maximum absolute atomic E-state index is 12.6. The van der Waals surface area contributed by atoms with Gasteiger partial charge in [0.1, 0.15) is 23.9 Å². The van der Waals surface area contributed by atoms with Crippen LogP contribution in [0.1, 0.15) is 18.4 Å². The first kappa shape index (κ1) is 20.3. The van der Waals surface area contributed by atoms with Crippen molar-refractivity contribution in [2.24, 2.45) is 0 Å². The second-order valence-corrected chi connectivity index (χ2v) is 8.09. The van der Waals surface area contributed by atoms with Gasteiger partial charge in [-0.15, -0.1) is 0 Å². The van der Waals surface area contributed by atoms with Crippen LogP contribution in [-0.2, 0) is 0 Å². The Morgan fingerprint density at radius 1 is 1.09 bits per heavy atom. The molecule has 0 radical (unpaired) electrons. The summed E-state index contributed by atoms with van der Waals surface area (Å²) in [4.78, 5) is 22.5. The van der Waals surface area contributed by atoms with E-state index >= 15 is 0 Å².